The lowest BCUT2D eigenvalue weighted by atomic mass is 10.1. The maximum atomic E-state index is 14.4. The first kappa shape index (κ1) is 21.6. The number of halogens is 1. The van der Waals surface area contributed by atoms with Gasteiger partial charge in [-0.15, -0.1) is 0 Å². The molecule has 0 aliphatic carbocycles. The molecule has 1 saturated heterocycles. The summed E-state index contributed by atoms with van der Waals surface area (Å²) >= 11 is 6.88. The van der Waals surface area contributed by atoms with Crippen molar-refractivity contribution >= 4 is 56.9 Å². The molecular formula is C27H21FN2OS2. The normalized spacial score (nSPS) is 15.2. The molecule has 5 rings (SSSR count). The predicted octanol–water partition coefficient (Wildman–Crippen LogP) is 6.85. The summed E-state index contributed by atoms with van der Waals surface area (Å²) < 4.78 is 17.0. The standard InChI is InChI=1S/C27H21FN2OS2/c1-17-9-3-7-13-23(17)30-26(31)25(33-27(30)32)15-21-18(2)29(24-14-8-5-11-20(21)24)16-19-10-4-6-12-22(19)28/h3-15H,16H2,1-2H3/b25-15-. The number of benzene rings is 3. The molecule has 0 atom stereocenters. The number of fused-ring (bicyclic) bond motifs is 1. The van der Waals surface area contributed by atoms with Crippen LogP contribution in [0.3, 0.4) is 0 Å². The summed E-state index contributed by atoms with van der Waals surface area (Å²) in [7, 11) is 0. The van der Waals surface area contributed by atoms with Gasteiger partial charge in [-0.3, -0.25) is 9.69 Å². The fourth-order valence-corrected chi connectivity index (χ4v) is 5.53. The third kappa shape index (κ3) is 3.79. The van der Waals surface area contributed by atoms with E-state index < -0.39 is 0 Å². The van der Waals surface area contributed by atoms with Crippen LogP contribution in [0.25, 0.3) is 17.0 Å². The zero-order valence-electron chi connectivity index (χ0n) is 18.2. The van der Waals surface area contributed by atoms with Crippen LogP contribution in [0.4, 0.5) is 10.1 Å². The zero-order chi connectivity index (χ0) is 23.1. The molecule has 0 N–H and O–H groups in total. The number of hydrogen-bond acceptors (Lipinski definition) is 3. The topological polar surface area (TPSA) is 25.2 Å². The van der Waals surface area contributed by atoms with Gasteiger partial charge in [-0.25, -0.2) is 4.39 Å². The van der Waals surface area contributed by atoms with Crippen molar-refractivity contribution in [2.24, 2.45) is 0 Å². The van der Waals surface area contributed by atoms with Gasteiger partial charge in [-0.1, -0.05) is 78.6 Å². The Hall–Kier alpha value is -3.22. The molecule has 1 fully saturated rings. The summed E-state index contributed by atoms with van der Waals surface area (Å²) in [6.45, 7) is 4.39. The second-order valence-corrected chi connectivity index (χ2v) is 9.67. The van der Waals surface area contributed by atoms with Crippen LogP contribution in [0, 0.1) is 19.7 Å². The summed E-state index contributed by atoms with van der Waals surface area (Å²) in [6, 6.07) is 22.6. The average molecular weight is 473 g/mol. The molecular weight excluding hydrogens is 451 g/mol. The lowest BCUT2D eigenvalue weighted by molar-refractivity contribution is -0.113. The lowest BCUT2D eigenvalue weighted by Gasteiger charge is -2.16. The first-order valence-electron chi connectivity index (χ1n) is 10.6. The number of aryl methyl sites for hydroxylation is 1. The number of carbonyl (C=O) groups is 1. The minimum absolute atomic E-state index is 0.121. The quantitative estimate of drug-likeness (QED) is 0.240. The van der Waals surface area contributed by atoms with Crippen molar-refractivity contribution in [3.63, 3.8) is 0 Å². The Morgan fingerprint density at radius 3 is 2.45 bits per heavy atom. The average Bonchev–Trinajstić information content (AvgIpc) is 3.23. The van der Waals surface area contributed by atoms with E-state index in [-0.39, 0.29) is 11.7 Å². The Kier molecular flexibility index (Phi) is 5.64. The van der Waals surface area contributed by atoms with Crippen molar-refractivity contribution in [2.45, 2.75) is 20.4 Å². The van der Waals surface area contributed by atoms with E-state index in [1.165, 1.54) is 17.8 Å². The molecule has 0 saturated carbocycles. The fourth-order valence-electron chi connectivity index (χ4n) is 4.26. The highest BCUT2D eigenvalue weighted by atomic mass is 32.2. The monoisotopic (exact) mass is 472 g/mol. The summed E-state index contributed by atoms with van der Waals surface area (Å²) in [5.74, 6) is -0.347. The summed E-state index contributed by atoms with van der Waals surface area (Å²) in [5, 5.41) is 1.02. The van der Waals surface area contributed by atoms with Crippen LogP contribution in [-0.2, 0) is 11.3 Å². The molecule has 0 bridgehead atoms. The number of thioether (sulfide) groups is 1. The van der Waals surface area contributed by atoms with Gasteiger partial charge in [0.05, 0.1) is 17.1 Å². The molecule has 1 aliphatic heterocycles. The van der Waals surface area contributed by atoms with Crippen LogP contribution in [0.1, 0.15) is 22.4 Å². The molecule has 1 aromatic heterocycles. The van der Waals surface area contributed by atoms with Crippen LogP contribution < -0.4 is 4.90 Å². The molecule has 4 aromatic rings. The smallest absolute Gasteiger partial charge is 0.270 e. The minimum atomic E-state index is -0.227. The van der Waals surface area contributed by atoms with Crippen molar-refractivity contribution in [3.05, 3.63) is 106 Å². The highest BCUT2D eigenvalue weighted by Gasteiger charge is 2.34. The Balaban J connectivity index is 1.59. The van der Waals surface area contributed by atoms with Crippen LogP contribution in [0.2, 0.25) is 0 Å². The molecule has 0 unspecified atom stereocenters. The van der Waals surface area contributed by atoms with E-state index in [0.29, 0.717) is 21.3 Å². The van der Waals surface area contributed by atoms with E-state index in [0.717, 1.165) is 33.4 Å². The number of carbonyl (C=O) groups excluding carboxylic acids is 1. The van der Waals surface area contributed by atoms with E-state index in [2.05, 4.69) is 4.57 Å². The second kappa shape index (κ2) is 8.61. The van der Waals surface area contributed by atoms with Crippen LogP contribution in [-0.4, -0.2) is 14.8 Å². The first-order chi connectivity index (χ1) is 16.0. The van der Waals surface area contributed by atoms with Crippen LogP contribution in [0.15, 0.2) is 77.7 Å². The van der Waals surface area contributed by atoms with Gasteiger partial charge in [0.1, 0.15) is 5.82 Å². The number of hydrogen-bond donors (Lipinski definition) is 0. The van der Waals surface area contributed by atoms with E-state index in [9.17, 15) is 9.18 Å². The van der Waals surface area contributed by atoms with E-state index >= 15 is 0 Å². The van der Waals surface area contributed by atoms with Crippen molar-refractivity contribution in [1.29, 1.82) is 0 Å². The predicted molar refractivity (Wildman–Crippen MR) is 139 cm³/mol. The summed E-state index contributed by atoms with van der Waals surface area (Å²) in [6.07, 6.45) is 1.92. The Morgan fingerprint density at radius 1 is 0.970 bits per heavy atom. The van der Waals surface area contributed by atoms with Gasteiger partial charge in [0.2, 0.25) is 0 Å². The second-order valence-electron chi connectivity index (χ2n) is 8.00. The Morgan fingerprint density at radius 2 is 1.67 bits per heavy atom. The third-order valence-electron chi connectivity index (χ3n) is 5.99. The van der Waals surface area contributed by atoms with Crippen molar-refractivity contribution < 1.29 is 9.18 Å². The van der Waals surface area contributed by atoms with Gasteiger partial charge < -0.3 is 4.57 Å². The molecule has 0 spiro atoms. The number of aromatic nitrogens is 1. The van der Waals surface area contributed by atoms with Gasteiger partial charge in [0.15, 0.2) is 4.32 Å². The summed E-state index contributed by atoms with van der Waals surface area (Å²) in [4.78, 5) is 15.5. The number of rotatable bonds is 4. The Labute approximate surface area is 201 Å². The maximum Gasteiger partial charge on any atom is 0.270 e. The first-order valence-corrected chi connectivity index (χ1v) is 11.8. The van der Waals surface area contributed by atoms with Gasteiger partial charge in [-0.2, -0.15) is 0 Å². The lowest BCUT2D eigenvalue weighted by Crippen LogP contribution is -2.28. The minimum Gasteiger partial charge on any atom is -0.340 e. The van der Waals surface area contributed by atoms with Crippen molar-refractivity contribution in [2.75, 3.05) is 4.90 Å². The molecule has 1 aliphatic rings. The highest BCUT2D eigenvalue weighted by molar-refractivity contribution is 8.27. The van der Waals surface area contributed by atoms with Gasteiger partial charge >= 0.3 is 0 Å². The largest absolute Gasteiger partial charge is 0.340 e. The van der Waals surface area contributed by atoms with Gasteiger partial charge in [0, 0.05) is 27.7 Å². The van der Waals surface area contributed by atoms with Crippen molar-refractivity contribution in [3.8, 4) is 0 Å². The maximum absolute atomic E-state index is 14.4. The number of amides is 1. The molecule has 6 heteroatoms. The van der Waals surface area contributed by atoms with Crippen LogP contribution >= 0.6 is 24.0 Å². The number of nitrogens with zero attached hydrogens (tertiary/aromatic N) is 2. The molecule has 164 valence electrons. The molecule has 0 radical (unpaired) electrons. The molecule has 1 amide bonds. The Bertz CT molecular complexity index is 1450. The zero-order valence-corrected chi connectivity index (χ0v) is 19.8. The van der Waals surface area contributed by atoms with Crippen LogP contribution in [0.5, 0.6) is 0 Å². The third-order valence-corrected chi connectivity index (χ3v) is 7.29. The molecule has 3 nitrogen and oxygen atoms in total. The van der Waals surface area contributed by atoms with E-state index in [1.54, 1.807) is 17.0 Å². The SMILES string of the molecule is Cc1ccccc1N1C(=O)/C(=C/c2c(C)n(Cc3ccccc3F)c3ccccc23)SC1=S. The summed E-state index contributed by atoms with van der Waals surface area (Å²) in [5.41, 5.74) is 5.35. The number of para-hydroxylation sites is 2. The van der Waals surface area contributed by atoms with Gasteiger partial charge in [-0.05, 0) is 43.7 Å². The fraction of sp³-hybridized carbons (Fsp3) is 0.111. The highest BCUT2D eigenvalue weighted by Crippen LogP contribution is 2.39. The molecule has 2 heterocycles. The molecule has 33 heavy (non-hydrogen) atoms. The van der Waals surface area contributed by atoms with Crippen molar-refractivity contribution in [1.82, 2.24) is 4.57 Å². The number of thiocarbonyl (C=S) groups is 1. The van der Waals surface area contributed by atoms with Gasteiger partial charge in [0.25, 0.3) is 5.91 Å². The number of anilines is 1. The van der Waals surface area contributed by atoms with E-state index in [1.807, 2.05) is 74.5 Å². The molecule has 3 aromatic carbocycles. The van der Waals surface area contributed by atoms with E-state index in [4.69, 9.17) is 12.2 Å².